The topological polar surface area (TPSA) is 66.5 Å². The minimum Gasteiger partial charge on any atom is -0.478 e. The number of carbonyl (C=O) groups is 1. The number of hydrogen-bond acceptors (Lipinski definition) is 4. The average molecular weight is 284 g/mol. The summed E-state index contributed by atoms with van der Waals surface area (Å²) < 4.78 is 11.0. The Morgan fingerprint density at radius 3 is 2.90 bits per heavy atom. The molecule has 1 fully saturated rings. The van der Waals surface area contributed by atoms with Gasteiger partial charge in [0.1, 0.15) is 11.7 Å². The van der Waals surface area contributed by atoms with Crippen LogP contribution in [0.4, 0.5) is 0 Å². The van der Waals surface area contributed by atoms with Gasteiger partial charge >= 0.3 is 0 Å². The van der Waals surface area contributed by atoms with Gasteiger partial charge in [-0.25, -0.2) is 0 Å². The first-order valence-electron chi connectivity index (χ1n) is 7.08. The lowest BCUT2D eigenvalue weighted by molar-refractivity contribution is -0.133. The molecule has 0 unspecified atom stereocenters. The van der Waals surface area contributed by atoms with Gasteiger partial charge in [-0.05, 0) is 31.9 Å². The molecule has 0 aliphatic heterocycles. The van der Waals surface area contributed by atoms with Crippen LogP contribution in [0.1, 0.15) is 25.5 Å². The lowest BCUT2D eigenvalue weighted by Gasteiger charge is -2.20. The summed E-state index contributed by atoms with van der Waals surface area (Å²) in [5.74, 6) is 0.418. The van der Waals surface area contributed by atoms with E-state index in [2.05, 4.69) is 0 Å². The number of fused-ring (bicyclic) bond motifs is 1. The average Bonchev–Trinajstić information content (AvgIpc) is 3.26. The van der Waals surface area contributed by atoms with E-state index >= 15 is 0 Å². The molecule has 0 bridgehead atoms. The lowest BCUT2D eigenvalue weighted by atomic mass is 10.2. The van der Waals surface area contributed by atoms with E-state index in [1.807, 2.05) is 36.1 Å². The van der Waals surface area contributed by atoms with Gasteiger partial charge in [0.05, 0.1) is 5.39 Å². The summed E-state index contributed by atoms with van der Waals surface area (Å²) in [6.45, 7) is 2.58. The molecule has 0 atom stereocenters. The number of hydrogen-bond donors (Lipinski definition) is 0. The van der Waals surface area contributed by atoms with Crippen molar-refractivity contribution in [1.82, 2.24) is 4.90 Å². The third kappa shape index (κ3) is 2.57. The van der Waals surface area contributed by atoms with E-state index in [0.717, 1.165) is 18.2 Å². The zero-order valence-electron chi connectivity index (χ0n) is 11.8. The third-order valence-corrected chi connectivity index (χ3v) is 3.64. The van der Waals surface area contributed by atoms with Crippen LogP contribution in [0.2, 0.25) is 0 Å². The molecule has 1 amide bonds. The zero-order chi connectivity index (χ0) is 14.8. The standard InChI is InChI=1S/C16H16N2O3/c1-2-18(11-7-8-11)15(19)10-20-16-12-5-3-4-6-13(12)21-14(16)9-17/h3-6,11H,2,7-8,10H2,1H3. The number of nitrogens with zero attached hydrogens (tertiary/aromatic N) is 2. The highest BCUT2D eigenvalue weighted by molar-refractivity contribution is 5.87. The van der Waals surface area contributed by atoms with E-state index in [1.54, 1.807) is 6.07 Å². The van der Waals surface area contributed by atoms with Crippen molar-refractivity contribution in [2.45, 2.75) is 25.8 Å². The Morgan fingerprint density at radius 1 is 1.48 bits per heavy atom. The maximum absolute atomic E-state index is 12.2. The van der Waals surface area contributed by atoms with Crippen LogP contribution in [0.5, 0.6) is 5.75 Å². The third-order valence-electron chi connectivity index (χ3n) is 3.64. The number of ether oxygens (including phenoxy) is 1. The van der Waals surface area contributed by atoms with E-state index < -0.39 is 0 Å². The first kappa shape index (κ1) is 13.5. The number of amides is 1. The van der Waals surface area contributed by atoms with Gasteiger partial charge in [0.15, 0.2) is 12.4 Å². The monoisotopic (exact) mass is 284 g/mol. The molecule has 21 heavy (non-hydrogen) atoms. The second kappa shape index (κ2) is 5.49. The summed E-state index contributed by atoms with van der Waals surface area (Å²) in [5, 5.41) is 9.84. The minimum atomic E-state index is -0.0669. The van der Waals surface area contributed by atoms with E-state index in [0.29, 0.717) is 23.9 Å². The van der Waals surface area contributed by atoms with Gasteiger partial charge in [0, 0.05) is 12.6 Å². The summed E-state index contributed by atoms with van der Waals surface area (Å²) >= 11 is 0. The van der Waals surface area contributed by atoms with Crippen molar-refractivity contribution < 1.29 is 13.9 Å². The van der Waals surface area contributed by atoms with Gasteiger partial charge in [0.25, 0.3) is 5.91 Å². The summed E-state index contributed by atoms with van der Waals surface area (Å²) in [5.41, 5.74) is 0.589. The Hall–Kier alpha value is -2.48. The molecule has 108 valence electrons. The lowest BCUT2D eigenvalue weighted by Crippen LogP contribution is -2.36. The molecule has 0 N–H and O–H groups in total. The van der Waals surface area contributed by atoms with E-state index in [4.69, 9.17) is 14.4 Å². The molecule has 1 heterocycles. The van der Waals surface area contributed by atoms with Gasteiger partial charge < -0.3 is 14.1 Å². The second-order valence-electron chi connectivity index (χ2n) is 5.07. The van der Waals surface area contributed by atoms with Crippen LogP contribution in [-0.4, -0.2) is 30.0 Å². The number of para-hydroxylation sites is 1. The summed E-state index contributed by atoms with van der Waals surface area (Å²) in [6.07, 6.45) is 2.13. The number of furan rings is 1. The normalized spacial score (nSPS) is 13.9. The molecule has 5 nitrogen and oxygen atoms in total. The van der Waals surface area contributed by atoms with Crippen molar-refractivity contribution in [3.8, 4) is 11.8 Å². The highest BCUT2D eigenvalue weighted by Crippen LogP contribution is 2.33. The number of nitriles is 1. The first-order chi connectivity index (χ1) is 10.2. The largest absolute Gasteiger partial charge is 0.478 e. The highest BCUT2D eigenvalue weighted by Gasteiger charge is 2.31. The van der Waals surface area contributed by atoms with Crippen LogP contribution in [0.25, 0.3) is 11.0 Å². The molecule has 1 aromatic heterocycles. The van der Waals surface area contributed by atoms with Crippen molar-refractivity contribution in [3.63, 3.8) is 0 Å². The molecule has 5 heteroatoms. The zero-order valence-corrected chi connectivity index (χ0v) is 11.8. The van der Waals surface area contributed by atoms with Crippen molar-refractivity contribution in [2.75, 3.05) is 13.2 Å². The quantitative estimate of drug-likeness (QED) is 0.846. The molecule has 1 saturated carbocycles. The van der Waals surface area contributed by atoms with Gasteiger partial charge in [-0.1, -0.05) is 12.1 Å². The molecule has 2 aromatic rings. The molecule has 1 aliphatic rings. The fourth-order valence-corrected chi connectivity index (χ4v) is 2.48. The number of benzene rings is 1. The molecular formula is C16H16N2O3. The van der Waals surface area contributed by atoms with Crippen molar-refractivity contribution in [2.24, 2.45) is 0 Å². The van der Waals surface area contributed by atoms with Crippen LogP contribution in [0, 0.1) is 11.3 Å². The summed E-state index contributed by atoms with van der Waals surface area (Å²) in [6, 6.07) is 9.59. The van der Waals surface area contributed by atoms with Crippen molar-refractivity contribution >= 4 is 16.9 Å². The molecule has 3 rings (SSSR count). The maximum atomic E-state index is 12.2. The highest BCUT2D eigenvalue weighted by atomic mass is 16.5. The molecule has 0 saturated heterocycles. The van der Waals surface area contributed by atoms with Crippen LogP contribution < -0.4 is 4.74 Å². The molecule has 1 aliphatic carbocycles. The maximum Gasteiger partial charge on any atom is 0.260 e. The van der Waals surface area contributed by atoms with Gasteiger partial charge in [-0.2, -0.15) is 5.26 Å². The predicted molar refractivity (Wildman–Crippen MR) is 76.8 cm³/mol. The Labute approximate surface area is 122 Å². The first-order valence-corrected chi connectivity index (χ1v) is 7.08. The number of carbonyl (C=O) groups excluding carboxylic acids is 1. The van der Waals surface area contributed by atoms with Gasteiger partial charge in [-0.15, -0.1) is 0 Å². The minimum absolute atomic E-state index is 0.0471. The van der Waals surface area contributed by atoms with E-state index in [1.165, 1.54) is 0 Å². The SMILES string of the molecule is CCN(C(=O)COc1c(C#N)oc2ccccc12)C1CC1. The molecular weight excluding hydrogens is 268 g/mol. The van der Waals surface area contributed by atoms with Crippen LogP contribution in [0.15, 0.2) is 28.7 Å². The van der Waals surface area contributed by atoms with Crippen LogP contribution in [-0.2, 0) is 4.79 Å². The van der Waals surface area contributed by atoms with Crippen LogP contribution in [0.3, 0.4) is 0 Å². The Bertz CT molecular complexity index is 710. The fourth-order valence-electron chi connectivity index (χ4n) is 2.48. The fraction of sp³-hybridized carbons (Fsp3) is 0.375. The summed E-state index contributed by atoms with van der Waals surface area (Å²) in [4.78, 5) is 14.0. The van der Waals surface area contributed by atoms with E-state index in [9.17, 15) is 4.79 Å². The van der Waals surface area contributed by atoms with Gasteiger partial charge in [-0.3, -0.25) is 4.79 Å². The van der Waals surface area contributed by atoms with E-state index in [-0.39, 0.29) is 18.3 Å². The molecule has 0 radical (unpaired) electrons. The Balaban J connectivity index is 1.78. The second-order valence-corrected chi connectivity index (χ2v) is 5.07. The number of rotatable bonds is 5. The smallest absolute Gasteiger partial charge is 0.260 e. The number of likely N-dealkylation sites (N-methyl/N-ethyl adjacent to an activating group) is 1. The summed E-state index contributed by atoms with van der Waals surface area (Å²) in [7, 11) is 0. The Kier molecular flexibility index (Phi) is 3.53. The van der Waals surface area contributed by atoms with Gasteiger partial charge in [0.2, 0.25) is 5.76 Å². The Morgan fingerprint density at radius 2 is 2.24 bits per heavy atom. The van der Waals surface area contributed by atoms with Crippen LogP contribution >= 0.6 is 0 Å². The molecule has 1 aromatic carbocycles. The van der Waals surface area contributed by atoms with Crippen molar-refractivity contribution in [1.29, 1.82) is 5.26 Å². The molecule has 0 spiro atoms. The van der Waals surface area contributed by atoms with Crippen molar-refractivity contribution in [3.05, 3.63) is 30.0 Å². The predicted octanol–water partition coefficient (Wildman–Crippen LogP) is 2.69.